The molecule has 0 aromatic heterocycles. The lowest BCUT2D eigenvalue weighted by molar-refractivity contribution is 0.199. The summed E-state index contributed by atoms with van der Waals surface area (Å²) in [5, 5.41) is 7.69. The van der Waals surface area contributed by atoms with E-state index in [0.29, 0.717) is 5.25 Å². The first-order chi connectivity index (χ1) is 7.45. The first-order valence-electron chi connectivity index (χ1n) is 5.16. The normalized spacial score (nSPS) is 24.1. The topological polar surface area (TPSA) is 29.5 Å². The molecule has 0 bridgehead atoms. The van der Waals surface area contributed by atoms with E-state index in [2.05, 4.69) is 30.4 Å². The van der Waals surface area contributed by atoms with Crippen LogP contribution in [-0.4, -0.2) is 30.7 Å². The van der Waals surface area contributed by atoms with Crippen molar-refractivity contribution in [1.29, 1.82) is 0 Å². The fourth-order valence-corrected chi connectivity index (χ4v) is 2.62. The van der Waals surface area contributed by atoms with Crippen LogP contribution >= 0.6 is 11.8 Å². The Labute approximate surface area is 95.7 Å². The van der Waals surface area contributed by atoms with Crippen LogP contribution in [0.4, 0.5) is 0 Å². The molecule has 1 atom stereocenters. The van der Waals surface area contributed by atoms with Gasteiger partial charge in [0.15, 0.2) is 0 Å². The minimum absolute atomic E-state index is 0.686. The Balaban J connectivity index is 0.000000531. The number of ether oxygens (including phenoxy) is 1. The SMILES string of the molecule is C1=CC=C(SC2CCOC2)CC=C1.CO. The zero-order valence-corrected chi connectivity index (χ0v) is 9.87. The van der Waals surface area contributed by atoms with Crippen LogP contribution in [0.2, 0.25) is 0 Å². The summed E-state index contributed by atoms with van der Waals surface area (Å²) in [4.78, 5) is 1.46. The Morgan fingerprint density at radius 3 is 2.93 bits per heavy atom. The molecule has 1 unspecified atom stereocenters. The molecular formula is C12H18O2S. The van der Waals surface area contributed by atoms with Crippen molar-refractivity contribution in [3.8, 4) is 0 Å². The molecule has 0 amide bonds. The Bertz CT molecular complexity index is 250. The summed E-state index contributed by atoms with van der Waals surface area (Å²) in [6.07, 6.45) is 13.0. The maximum absolute atomic E-state index is 7.00. The Morgan fingerprint density at radius 1 is 1.33 bits per heavy atom. The number of allylic oxidation sites excluding steroid dienone is 6. The Kier molecular flexibility index (Phi) is 6.48. The maximum Gasteiger partial charge on any atom is 0.0589 e. The standard InChI is InChI=1S/C11H14OS.CH4O/c1-2-4-6-10(5-3-1)13-11-7-8-12-9-11;1-2/h1-5,11H,6-9H2;2H,1H3. The number of aliphatic hydroxyl groups excluding tert-OH is 1. The fourth-order valence-electron chi connectivity index (χ4n) is 1.47. The van der Waals surface area contributed by atoms with Gasteiger partial charge >= 0.3 is 0 Å². The molecule has 1 fully saturated rings. The summed E-state index contributed by atoms with van der Waals surface area (Å²) in [5.41, 5.74) is 0. The number of hydrogen-bond donors (Lipinski definition) is 1. The first kappa shape index (κ1) is 12.6. The van der Waals surface area contributed by atoms with E-state index in [-0.39, 0.29) is 0 Å². The van der Waals surface area contributed by atoms with Crippen LogP contribution in [-0.2, 0) is 4.74 Å². The third-order valence-electron chi connectivity index (χ3n) is 2.17. The van der Waals surface area contributed by atoms with Gasteiger partial charge in [0.05, 0.1) is 6.61 Å². The average Bonchev–Trinajstić information content (AvgIpc) is 2.65. The van der Waals surface area contributed by atoms with Crippen LogP contribution in [0.3, 0.4) is 0 Å². The lowest BCUT2D eigenvalue weighted by atomic mass is 10.4. The van der Waals surface area contributed by atoms with Gasteiger partial charge in [-0.25, -0.2) is 0 Å². The largest absolute Gasteiger partial charge is 0.400 e. The number of thioether (sulfide) groups is 1. The third kappa shape index (κ3) is 4.69. The molecule has 2 rings (SSSR count). The van der Waals surface area contributed by atoms with Gasteiger partial charge in [-0.2, -0.15) is 0 Å². The highest BCUT2D eigenvalue weighted by Crippen LogP contribution is 2.30. The van der Waals surface area contributed by atoms with Gasteiger partial charge < -0.3 is 9.84 Å². The molecule has 1 aliphatic carbocycles. The van der Waals surface area contributed by atoms with Crippen molar-refractivity contribution >= 4 is 11.8 Å². The number of aliphatic hydroxyl groups is 1. The fraction of sp³-hybridized carbons (Fsp3) is 0.500. The molecule has 84 valence electrons. The highest BCUT2D eigenvalue weighted by molar-refractivity contribution is 8.03. The van der Waals surface area contributed by atoms with Gasteiger partial charge in [0.1, 0.15) is 0 Å². The smallest absolute Gasteiger partial charge is 0.0589 e. The summed E-state index contributed by atoms with van der Waals surface area (Å²) in [6, 6.07) is 0. The van der Waals surface area contributed by atoms with Crippen LogP contribution in [0.5, 0.6) is 0 Å². The van der Waals surface area contributed by atoms with Crippen LogP contribution in [0.25, 0.3) is 0 Å². The summed E-state index contributed by atoms with van der Waals surface area (Å²) in [5.74, 6) is 0. The van der Waals surface area contributed by atoms with E-state index in [0.717, 1.165) is 26.7 Å². The quantitative estimate of drug-likeness (QED) is 0.784. The molecule has 2 nitrogen and oxygen atoms in total. The molecule has 1 aliphatic heterocycles. The summed E-state index contributed by atoms with van der Waals surface area (Å²) in [6.45, 7) is 1.87. The number of hydrogen-bond acceptors (Lipinski definition) is 3. The van der Waals surface area contributed by atoms with Crippen molar-refractivity contribution in [1.82, 2.24) is 0 Å². The van der Waals surface area contributed by atoms with Crippen LogP contribution < -0.4 is 0 Å². The minimum Gasteiger partial charge on any atom is -0.400 e. The summed E-state index contributed by atoms with van der Waals surface area (Å²) in [7, 11) is 1.00. The molecule has 3 heteroatoms. The van der Waals surface area contributed by atoms with Gasteiger partial charge in [-0.3, -0.25) is 0 Å². The van der Waals surface area contributed by atoms with Crippen LogP contribution in [0.1, 0.15) is 12.8 Å². The van der Waals surface area contributed by atoms with E-state index in [1.54, 1.807) is 0 Å². The molecule has 0 aromatic carbocycles. The van der Waals surface area contributed by atoms with Crippen LogP contribution in [0, 0.1) is 0 Å². The number of rotatable bonds is 2. The zero-order chi connectivity index (χ0) is 10.9. The van der Waals surface area contributed by atoms with Crippen molar-refractivity contribution in [2.24, 2.45) is 0 Å². The van der Waals surface area contributed by atoms with E-state index in [1.165, 1.54) is 11.3 Å². The Morgan fingerprint density at radius 2 is 2.20 bits per heavy atom. The predicted octanol–water partition coefficient (Wildman–Crippen LogP) is 2.52. The summed E-state index contributed by atoms with van der Waals surface area (Å²) >= 11 is 1.98. The highest BCUT2D eigenvalue weighted by atomic mass is 32.2. The molecular weight excluding hydrogens is 208 g/mol. The van der Waals surface area contributed by atoms with Gasteiger partial charge in [0, 0.05) is 19.0 Å². The molecule has 1 N–H and O–H groups in total. The van der Waals surface area contributed by atoms with Gasteiger partial charge in [-0.1, -0.05) is 30.4 Å². The molecule has 0 radical (unpaired) electrons. The lowest BCUT2D eigenvalue weighted by Gasteiger charge is -2.08. The predicted molar refractivity (Wildman–Crippen MR) is 65.9 cm³/mol. The van der Waals surface area contributed by atoms with Crippen molar-refractivity contribution in [2.45, 2.75) is 18.1 Å². The second-order valence-corrected chi connectivity index (χ2v) is 4.68. The molecule has 1 saturated heterocycles. The van der Waals surface area contributed by atoms with E-state index >= 15 is 0 Å². The minimum atomic E-state index is 0.686. The first-order valence-corrected chi connectivity index (χ1v) is 6.04. The highest BCUT2D eigenvalue weighted by Gasteiger charge is 2.17. The van der Waals surface area contributed by atoms with Gasteiger partial charge in [-0.15, -0.1) is 11.8 Å². The third-order valence-corrected chi connectivity index (χ3v) is 3.48. The van der Waals surface area contributed by atoms with E-state index in [9.17, 15) is 0 Å². The molecule has 15 heavy (non-hydrogen) atoms. The van der Waals surface area contributed by atoms with Crippen molar-refractivity contribution in [3.63, 3.8) is 0 Å². The lowest BCUT2D eigenvalue weighted by Crippen LogP contribution is -2.00. The van der Waals surface area contributed by atoms with E-state index < -0.39 is 0 Å². The zero-order valence-electron chi connectivity index (χ0n) is 9.06. The van der Waals surface area contributed by atoms with Gasteiger partial charge in [-0.05, 0) is 17.7 Å². The van der Waals surface area contributed by atoms with Gasteiger partial charge in [0.2, 0.25) is 0 Å². The molecule has 0 aromatic rings. The van der Waals surface area contributed by atoms with E-state index in [4.69, 9.17) is 9.84 Å². The molecule has 2 aliphatic rings. The Hall–Kier alpha value is -0.510. The average molecular weight is 226 g/mol. The second kappa shape index (κ2) is 7.74. The van der Waals surface area contributed by atoms with Gasteiger partial charge in [0.25, 0.3) is 0 Å². The second-order valence-electron chi connectivity index (χ2n) is 3.25. The summed E-state index contributed by atoms with van der Waals surface area (Å²) < 4.78 is 5.35. The van der Waals surface area contributed by atoms with E-state index in [1.807, 2.05) is 11.8 Å². The molecule has 0 spiro atoms. The van der Waals surface area contributed by atoms with Crippen LogP contribution in [0.15, 0.2) is 35.3 Å². The monoisotopic (exact) mass is 226 g/mol. The molecule has 1 heterocycles. The van der Waals surface area contributed by atoms with Crippen molar-refractivity contribution in [3.05, 3.63) is 35.3 Å². The van der Waals surface area contributed by atoms with Crippen molar-refractivity contribution in [2.75, 3.05) is 20.3 Å². The molecule has 0 saturated carbocycles. The van der Waals surface area contributed by atoms with Crippen molar-refractivity contribution < 1.29 is 9.84 Å². The maximum atomic E-state index is 7.00.